The Morgan fingerprint density at radius 1 is 1.38 bits per heavy atom. The number of nitriles is 1. The van der Waals surface area contributed by atoms with Gasteiger partial charge >= 0.3 is 6.18 Å². The van der Waals surface area contributed by atoms with E-state index in [4.69, 9.17) is 5.26 Å². The number of nitrogens with zero attached hydrogens (tertiary/aromatic N) is 2. The second-order valence-corrected chi connectivity index (χ2v) is 3.82. The van der Waals surface area contributed by atoms with Gasteiger partial charge < -0.3 is 0 Å². The van der Waals surface area contributed by atoms with Gasteiger partial charge in [0.2, 0.25) is 0 Å². The molecule has 0 bridgehead atoms. The van der Waals surface area contributed by atoms with Crippen molar-refractivity contribution in [3.63, 3.8) is 0 Å². The summed E-state index contributed by atoms with van der Waals surface area (Å²) in [6, 6.07) is 1.16. The molecule has 1 rings (SSSR count). The van der Waals surface area contributed by atoms with E-state index in [1.165, 1.54) is 22.6 Å². The minimum Gasteiger partial charge on any atom is -0.244 e. The van der Waals surface area contributed by atoms with Gasteiger partial charge in [0.15, 0.2) is 5.69 Å². The lowest BCUT2D eigenvalue weighted by Gasteiger charge is -2.14. The van der Waals surface area contributed by atoms with Crippen LogP contribution in [0.1, 0.15) is 23.2 Å². The Morgan fingerprint density at radius 3 is 2.31 bits per heavy atom. The molecule has 0 saturated carbocycles. The molecule has 86 valence electrons. The minimum atomic E-state index is -5.02. The zero-order chi connectivity index (χ0) is 12.5. The second-order valence-electron chi connectivity index (χ2n) is 2.65. The molecule has 0 aliphatic carbocycles. The van der Waals surface area contributed by atoms with E-state index >= 15 is 0 Å². The average Bonchev–Trinajstić information content (AvgIpc) is 2.15. The lowest BCUT2D eigenvalue weighted by atomic mass is 10.1. The maximum absolute atomic E-state index is 12.5. The highest BCUT2D eigenvalue weighted by molar-refractivity contribution is 14.1. The lowest BCUT2D eigenvalue weighted by Crippen LogP contribution is -2.15. The van der Waals surface area contributed by atoms with E-state index in [0.717, 1.165) is 12.3 Å². The maximum atomic E-state index is 12.5. The highest BCUT2D eigenvalue weighted by atomic mass is 127. The van der Waals surface area contributed by atoms with Gasteiger partial charge in [-0.2, -0.15) is 18.4 Å². The molecule has 1 aromatic rings. The zero-order valence-electron chi connectivity index (χ0n) is 7.32. The summed E-state index contributed by atoms with van der Waals surface area (Å²) in [5, 5.41) is 8.42. The Balaban J connectivity index is 3.64. The fourth-order valence-corrected chi connectivity index (χ4v) is 1.73. The molecule has 16 heavy (non-hydrogen) atoms. The smallest absolute Gasteiger partial charge is 0.244 e. The van der Waals surface area contributed by atoms with Crippen LogP contribution in [0, 0.1) is 14.9 Å². The minimum absolute atomic E-state index is 0.320. The van der Waals surface area contributed by atoms with Crippen molar-refractivity contribution >= 4 is 22.6 Å². The van der Waals surface area contributed by atoms with Gasteiger partial charge in [-0.1, -0.05) is 0 Å². The van der Waals surface area contributed by atoms with Gasteiger partial charge in [-0.25, -0.2) is 13.8 Å². The first-order valence-electron chi connectivity index (χ1n) is 3.73. The fraction of sp³-hybridized carbons (Fsp3) is 0.250. The van der Waals surface area contributed by atoms with Crippen molar-refractivity contribution in [3.8, 4) is 6.07 Å². The van der Waals surface area contributed by atoms with Crippen molar-refractivity contribution in [1.29, 1.82) is 5.26 Å². The van der Waals surface area contributed by atoms with Gasteiger partial charge in [0, 0.05) is 15.3 Å². The third kappa shape index (κ3) is 2.40. The molecule has 1 aromatic heterocycles. The molecule has 0 amide bonds. The van der Waals surface area contributed by atoms with E-state index in [0.29, 0.717) is 0 Å². The largest absolute Gasteiger partial charge is 0.419 e. The highest BCUT2D eigenvalue weighted by Gasteiger charge is 2.40. The Labute approximate surface area is 100 Å². The van der Waals surface area contributed by atoms with E-state index in [9.17, 15) is 22.0 Å². The first-order chi connectivity index (χ1) is 7.29. The Morgan fingerprint density at radius 2 is 1.94 bits per heavy atom. The predicted molar refractivity (Wildman–Crippen MR) is 51.6 cm³/mol. The third-order valence-electron chi connectivity index (χ3n) is 1.68. The monoisotopic (exact) mass is 348 g/mol. The van der Waals surface area contributed by atoms with Crippen molar-refractivity contribution < 1.29 is 22.0 Å². The van der Waals surface area contributed by atoms with Crippen molar-refractivity contribution in [3.05, 3.63) is 26.6 Å². The average molecular weight is 348 g/mol. The number of halogens is 6. The SMILES string of the molecule is N#Cc1ncc(I)c(C(F)F)c1C(F)(F)F. The molecule has 0 saturated heterocycles. The lowest BCUT2D eigenvalue weighted by molar-refractivity contribution is -0.140. The van der Waals surface area contributed by atoms with Crippen LogP contribution >= 0.6 is 22.6 Å². The number of aromatic nitrogens is 1. The first kappa shape index (κ1) is 13.1. The number of hydrogen-bond donors (Lipinski definition) is 0. The fourth-order valence-electron chi connectivity index (χ4n) is 1.09. The number of pyridine rings is 1. The summed E-state index contributed by atoms with van der Waals surface area (Å²) in [5.41, 5.74) is -3.89. The van der Waals surface area contributed by atoms with Crippen LogP contribution in [-0.4, -0.2) is 4.98 Å². The van der Waals surface area contributed by atoms with Crippen LogP contribution in [0.25, 0.3) is 0 Å². The van der Waals surface area contributed by atoms with E-state index in [1.807, 2.05) is 0 Å². The molecule has 0 fully saturated rings. The standard InChI is InChI=1S/C8H2F5IN2/c9-7(10)5-3(14)2-16-4(1-15)6(5)8(11,12)13/h2,7H. The molecule has 0 atom stereocenters. The molecule has 0 spiro atoms. The molecule has 0 aliphatic heterocycles. The number of rotatable bonds is 1. The van der Waals surface area contributed by atoms with Crippen molar-refractivity contribution in [1.82, 2.24) is 4.98 Å². The topological polar surface area (TPSA) is 36.7 Å². The van der Waals surface area contributed by atoms with Crippen LogP contribution in [0.4, 0.5) is 22.0 Å². The Bertz CT molecular complexity index is 449. The van der Waals surface area contributed by atoms with Gasteiger partial charge in [-0.3, -0.25) is 0 Å². The van der Waals surface area contributed by atoms with Crippen LogP contribution < -0.4 is 0 Å². The maximum Gasteiger partial charge on any atom is 0.419 e. The van der Waals surface area contributed by atoms with Gasteiger partial charge in [0.25, 0.3) is 6.43 Å². The summed E-state index contributed by atoms with van der Waals surface area (Å²) in [6.07, 6.45) is -7.51. The summed E-state index contributed by atoms with van der Waals surface area (Å²) in [6.45, 7) is 0. The van der Waals surface area contributed by atoms with Crippen molar-refractivity contribution in [2.24, 2.45) is 0 Å². The highest BCUT2D eigenvalue weighted by Crippen LogP contribution is 2.39. The van der Waals surface area contributed by atoms with E-state index in [2.05, 4.69) is 4.98 Å². The van der Waals surface area contributed by atoms with Crippen molar-refractivity contribution in [2.75, 3.05) is 0 Å². The molecule has 0 aliphatic rings. The van der Waals surface area contributed by atoms with E-state index in [1.54, 1.807) is 0 Å². The third-order valence-corrected chi connectivity index (χ3v) is 2.54. The molecular formula is C8H2F5IN2. The van der Waals surface area contributed by atoms with Gasteiger partial charge in [-0.05, 0) is 22.6 Å². The van der Waals surface area contributed by atoms with Gasteiger partial charge in [-0.15, -0.1) is 0 Å². The second kappa shape index (κ2) is 4.48. The summed E-state index contributed by atoms with van der Waals surface area (Å²) in [7, 11) is 0. The summed E-state index contributed by atoms with van der Waals surface area (Å²) in [5.74, 6) is 0. The van der Waals surface area contributed by atoms with Crippen LogP contribution in [0.15, 0.2) is 6.20 Å². The predicted octanol–water partition coefficient (Wildman–Crippen LogP) is 3.51. The van der Waals surface area contributed by atoms with E-state index in [-0.39, 0.29) is 3.57 Å². The number of hydrogen-bond acceptors (Lipinski definition) is 2. The molecule has 0 radical (unpaired) electrons. The quantitative estimate of drug-likeness (QED) is 0.575. The normalized spacial score (nSPS) is 11.6. The molecule has 1 heterocycles. The molecule has 2 nitrogen and oxygen atoms in total. The molecule has 0 N–H and O–H groups in total. The van der Waals surface area contributed by atoms with Gasteiger partial charge in [0.05, 0.1) is 0 Å². The van der Waals surface area contributed by atoms with Gasteiger partial charge in [0.1, 0.15) is 11.6 Å². The van der Waals surface area contributed by atoms with Crippen LogP contribution in [0.5, 0.6) is 0 Å². The summed E-state index contributed by atoms with van der Waals surface area (Å²) < 4.78 is 62.2. The molecule has 0 unspecified atom stereocenters. The van der Waals surface area contributed by atoms with Crippen LogP contribution in [0.3, 0.4) is 0 Å². The summed E-state index contributed by atoms with van der Waals surface area (Å²) >= 11 is 1.32. The number of alkyl halides is 5. The van der Waals surface area contributed by atoms with Crippen LogP contribution in [-0.2, 0) is 6.18 Å². The van der Waals surface area contributed by atoms with Crippen LogP contribution in [0.2, 0.25) is 0 Å². The first-order valence-corrected chi connectivity index (χ1v) is 4.80. The summed E-state index contributed by atoms with van der Waals surface area (Å²) in [4.78, 5) is 3.18. The zero-order valence-corrected chi connectivity index (χ0v) is 9.47. The molecule has 0 aromatic carbocycles. The van der Waals surface area contributed by atoms with Crippen molar-refractivity contribution in [2.45, 2.75) is 12.6 Å². The molecule has 8 heteroatoms. The van der Waals surface area contributed by atoms with E-state index < -0.39 is 29.4 Å². The Hall–Kier alpha value is -0.980. The molecular weight excluding hydrogens is 346 g/mol. The Kier molecular flexibility index (Phi) is 3.67.